The van der Waals surface area contributed by atoms with Crippen molar-refractivity contribution in [3.05, 3.63) is 0 Å². The van der Waals surface area contributed by atoms with E-state index in [1.54, 1.807) is 0 Å². The van der Waals surface area contributed by atoms with Crippen molar-refractivity contribution in [2.24, 2.45) is 0 Å². The van der Waals surface area contributed by atoms with Gasteiger partial charge in [0.05, 0.1) is 19.0 Å². The van der Waals surface area contributed by atoms with Gasteiger partial charge in [0.15, 0.2) is 0 Å². The molecule has 0 aromatic rings. The first-order valence-electron chi connectivity index (χ1n) is 4.07. The van der Waals surface area contributed by atoms with Crippen molar-refractivity contribution in [2.75, 3.05) is 31.8 Å². The topological polar surface area (TPSA) is 55.4 Å². The van der Waals surface area contributed by atoms with Gasteiger partial charge in [0.1, 0.15) is 9.84 Å². The fraction of sp³-hybridized carbons (Fsp3) is 1.00. The number of hydrogen-bond acceptors (Lipinski definition) is 4. The van der Waals surface area contributed by atoms with Gasteiger partial charge in [0, 0.05) is 18.8 Å². The molecule has 1 fully saturated rings. The van der Waals surface area contributed by atoms with Crippen molar-refractivity contribution in [1.29, 1.82) is 0 Å². The second-order valence-electron chi connectivity index (χ2n) is 3.14. The van der Waals surface area contributed by atoms with Crippen molar-refractivity contribution in [3.63, 3.8) is 0 Å². The molecule has 1 atom stereocenters. The fourth-order valence-electron chi connectivity index (χ4n) is 1.16. The van der Waals surface area contributed by atoms with Crippen LogP contribution < -0.4 is 5.32 Å². The van der Waals surface area contributed by atoms with E-state index in [9.17, 15) is 8.42 Å². The molecule has 1 heterocycles. The summed E-state index contributed by atoms with van der Waals surface area (Å²) in [7, 11) is -2.82. The van der Waals surface area contributed by atoms with Crippen LogP contribution in [0.3, 0.4) is 0 Å². The Labute approximate surface area is 85.4 Å². The molecular weight excluding hydrogens is 214 g/mol. The SMILES string of the molecule is CS(=O)(=O)CC[C@H]1COCCN1.Cl. The average Bonchev–Trinajstić information content (AvgIpc) is 2.02. The summed E-state index contributed by atoms with van der Waals surface area (Å²) in [4.78, 5) is 0. The van der Waals surface area contributed by atoms with Gasteiger partial charge >= 0.3 is 0 Å². The van der Waals surface area contributed by atoms with Crippen molar-refractivity contribution in [1.82, 2.24) is 5.32 Å². The lowest BCUT2D eigenvalue weighted by molar-refractivity contribution is 0.0760. The van der Waals surface area contributed by atoms with E-state index in [1.807, 2.05) is 0 Å². The number of rotatable bonds is 3. The summed E-state index contributed by atoms with van der Waals surface area (Å²) in [5, 5.41) is 3.20. The van der Waals surface area contributed by atoms with Crippen LogP contribution in [0.4, 0.5) is 0 Å². The molecule has 0 radical (unpaired) electrons. The van der Waals surface area contributed by atoms with Gasteiger partial charge in [0.25, 0.3) is 0 Å². The normalized spacial score (nSPS) is 23.6. The Balaban J connectivity index is 0.00000144. The summed E-state index contributed by atoms with van der Waals surface area (Å²) in [5.41, 5.74) is 0. The number of nitrogens with one attached hydrogen (secondary N) is 1. The monoisotopic (exact) mass is 229 g/mol. The number of morpholine rings is 1. The molecule has 0 spiro atoms. The van der Waals surface area contributed by atoms with Gasteiger partial charge in [-0.15, -0.1) is 12.4 Å². The van der Waals surface area contributed by atoms with E-state index in [-0.39, 0.29) is 24.2 Å². The Bertz CT molecular complexity index is 224. The smallest absolute Gasteiger partial charge is 0.147 e. The van der Waals surface area contributed by atoms with Crippen LogP contribution in [0.1, 0.15) is 6.42 Å². The lowest BCUT2D eigenvalue weighted by Crippen LogP contribution is -2.42. The largest absolute Gasteiger partial charge is 0.379 e. The molecule has 0 aromatic carbocycles. The Hall–Kier alpha value is 0.160. The Morgan fingerprint density at radius 3 is 2.69 bits per heavy atom. The van der Waals surface area contributed by atoms with E-state index in [2.05, 4.69) is 5.32 Å². The quantitative estimate of drug-likeness (QED) is 0.730. The summed E-state index contributed by atoms with van der Waals surface area (Å²) in [5.74, 6) is 0.244. The molecule has 1 saturated heterocycles. The third-order valence-corrected chi connectivity index (χ3v) is 2.81. The van der Waals surface area contributed by atoms with Crippen LogP contribution in [0.15, 0.2) is 0 Å². The Kier molecular flexibility index (Phi) is 5.87. The molecule has 0 unspecified atom stereocenters. The maximum absolute atomic E-state index is 10.8. The van der Waals surface area contributed by atoms with Gasteiger partial charge in [-0.2, -0.15) is 0 Å². The average molecular weight is 230 g/mol. The first-order chi connectivity index (χ1) is 5.58. The number of ether oxygens (including phenoxy) is 1. The van der Waals surface area contributed by atoms with Crippen LogP contribution in [-0.4, -0.2) is 46.2 Å². The van der Waals surface area contributed by atoms with Crippen LogP contribution in [-0.2, 0) is 14.6 Å². The maximum Gasteiger partial charge on any atom is 0.147 e. The highest BCUT2D eigenvalue weighted by Crippen LogP contribution is 2.00. The zero-order valence-electron chi connectivity index (χ0n) is 7.65. The number of halogens is 1. The second-order valence-corrected chi connectivity index (χ2v) is 5.40. The molecule has 0 saturated carbocycles. The standard InChI is InChI=1S/C7H15NO3S.ClH/c1-12(9,10)5-2-7-6-11-4-3-8-7;/h7-8H,2-6H2,1H3;1H/t7-;/m0./s1. The molecule has 13 heavy (non-hydrogen) atoms. The molecule has 1 rings (SSSR count). The first kappa shape index (κ1) is 13.2. The Morgan fingerprint density at radius 1 is 1.54 bits per heavy atom. The van der Waals surface area contributed by atoms with E-state index in [0.29, 0.717) is 13.0 Å². The minimum absolute atomic E-state index is 0. The molecule has 0 aliphatic carbocycles. The summed E-state index contributed by atoms with van der Waals surface area (Å²) in [6.45, 7) is 2.19. The second kappa shape index (κ2) is 5.80. The van der Waals surface area contributed by atoms with Gasteiger partial charge in [-0.25, -0.2) is 8.42 Å². The van der Waals surface area contributed by atoms with Crippen LogP contribution in [0.25, 0.3) is 0 Å². The predicted molar refractivity (Wildman–Crippen MR) is 54.2 cm³/mol. The third kappa shape index (κ3) is 6.26. The molecule has 6 heteroatoms. The van der Waals surface area contributed by atoms with E-state index >= 15 is 0 Å². The van der Waals surface area contributed by atoms with Gasteiger partial charge in [-0.3, -0.25) is 0 Å². The number of sulfone groups is 1. The van der Waals surface area contributed by atoms with Gasteiger partial charge in [-0.05, 0) is 6.42 Å². The molecule has 1 aliphatic heterocycles. The molecule has 80 valence electrons. The summed E-state index contributed by atoms with van der Waals surface area (Å²) in [6.07, 6.45) is 1.91. The van der Waals surface area contributed by atoms with Gasteiger partial charge in [0.2, 0.25) is 0 Å². The van der Waals surface area contributed by atoms with E-state index in [4.69, 9.17) is 4.74 Å². The molecule has 0 aromatic heterocycles. The zero-order valence-corrected chi connectivity index (χ0v) is 9.29. The summed E-state index contributed by atoms with van der Waals surface area (Å²) < 4.78 is 26.8. The van der Waals surface area contributed by atoms with Crippen LogP contribution in [0, 0.1) is 0 Å². The molecule has 0 amide bonds. The van der Waals surface area contributed by atoms with Gasteiger partial charge in [-0.1, -0.05) is 0 Å². The van der Waals surface area contributed by atoms with Crippen molar-refractivity contribution in [3.8, 4) is 0 Å². The first-order valence-corrected chi connectivity index (χ1v) is 6.13. The maximum atomic E-state index is 10.8. The van der Waals surface area contributed by atoms with Crippen molar-refractivity contribution < 1.29 is 13.2 Å². The molecule has 4 nitrogen and oxygen atoms in total. The summed E-state index contributed by atoms with van der Waals surface area (Å²) >= 11 is 0. The third-order valence-electron chi connectivity index (χ3n) is 1.84. The highest BCUT2D eigenvalue weighted by Gasteiger charge is 2.14. The lowest BCUT2D eigenvalue weighted by atomic mass is 10.2. The van der Waals surface area contributed by atoms with E-state index < -0.39 is 9.84 Å². The number of hydrogen-bond donors (Lipinski definition) is 1. The predicted octanol–water partition coefficient (Wildman–Crippen LogP) is -0.169. The minimum Gasteiger partial charge on any atom is -0.379 e. The molecule has 0 bridgehead atoms. The van der Waals surface area contributed by atoms with Crippen molar-refractivity contribution in [2.45, 2.75) is 12.5 Å². The van der Waals surface area contributed by atoms with Crippen LogP contribution >= 0.6 is 12.4 Å². The van der Waals surface area contributed by atoms with E-state index in [1.165, 1.54) is 6.26 Å². The lowest BCUT2D eigenvalue weighted by Gasteiger charge is -2.23. The molecular formula is C7H16ClNO3S. The highest BCUT2D eigenvalue weighted by molar-refractivity contribution is 7.90. The zero-order chi connectivity index (χ0) is 9.03. The fourth-order valence-corrected chi connectivity index (χ4v) is 1.87. The Morgan fingerprint density at radius 2 is 2.23 bits per heavy atom. The van der Waals surface area contributed by atoms with Gasteiger partial charge < -0.3 is 10.1 Å². The van der Waals surface area contributed by atoms with Crippen LogP contribution in [0.5, 0.6) is 0 Å². The van der Waals surface area contributed by atoms with Crippen molar-refractivity contribution >= 4 is 22.2 Å². The highest BCUT2D eigenvalue weighted by atomic mass is 35.5. The van der Waals surface area contributed by atoms with Crippen LogP contribution in [0.2, 0.25) is 0 Å². The molecule has 1 aliphatic rings. The molecule has 1 N–H and O–H groups in total. The summed E-state index contributed by atoms with van der Waals surface area (Å²) in [6, 6.07) is 0.216. The minimum atomic E-state index is -2.82. The van der Waals surface area contributed by atoms with E-state index in [0.717, 1.165) is 13.2 Å².